The Bertz CT molecular complexity index is 114. The first-order chi connectivity index (χ1) is 3.72. The minimum atomic E-state index is -1.30. The Morgan fingerprint density at radius 1 is 1.88 bits per heavy atom. The molecule has 0 rings (SSSR count). The van der Waals surface area contributed by atoms with Crippen LogP contribution in [0.1, 0.15) is 0 Å². The van der Waals surface area contributed by atoms with Crippen LogP contribution in [0.25, 0.3) is 0 Å². The fraction of sp³-hybridized carbons (Fsp3) is 0.333. The van der Waals surface area contributed by atoms with Crippen molar-refractivity contribution in [2.24, 2.45) is 5.11 Å². The first kappa shape index (κ1) is 6.74. The van der Waals surface area contributed by atoms with E-state index in [1.54, 1.807) is 0 Å². The molecule has 0 spiro atoms. The van der Waals surface area contributed by atoms with E-state index in [4.69, 9.17) is 16.0 Å². The molecule has 0 aliphatic heterocycles. The lowest BCUT2D eigenvalue weighted by molar-refractivity contribution is -0.136. The van der Waals surface area contributed by atoms with Gasteiger partial charge in [0.2, 0.25) is 6.04 Å². The third-order valence-corrected chi connectivity index (χ3v) is 0.550. The standard InChI is InChI=1S/C3H5N3O2/c4-1-2(6-5)3(7)8/h1-2,4-5H,(H,7,8). The van der Waals surface area contributed by atoms with Crippen molar-refractivity contribution in [2.45, 2.75) is 6.04 Å². The highest BCUT2D eigenvalue weighted by Gasteiger charge is 2.10. The maximum atomic E-state index is 9.80. The van der Waals surface area contributed by atoms with Crippen LogP contribution in [0.15, 0.2) is 5.11 Å². The number of carboxylic acid groups (broad SMARTS) is 1. The van der Waals surface area contributed by atoms with E-state index >= 15 is 0 Å². The van der Waals surface area contributed by atoms with Gasteiger partial charge in [0.05, 0.1) is 0 Å². The van der Waals surface area contributed by atoms with Crippen molar-refractivity contribution in [3.05, 3.63) is 0 Å². The molecule has 0 fully saturated rings. The zero-order chi connectivity index (χ0) is 6.57. The van der Waals surface area contributed by atoms with Gasteiger partial charge >= 0.3 is 5.97 Å². The Labute approximate surface area is 45.3 Å². The van der Waals surface area contributed by atoms with Gasteiger partial charge in [-0.1, -0.05) is 0 Å². The van der Waals surface area contributed by atoms with Gasteiger partial charge in [-0.25, -0.2) is 10.3 Å². The minimum absolute atomic E-state index is 0.593. The van der Waals surface area contributed by atoms with Crippen LogP contribution in [-0.2, 0) is 4.79 Å². The molecule has 0 aromatic rings. The molecule has 0 saturated heterocycles. The molecular formula is C3H5N3O2. The molecule has 5 nitrogen and oxygen atoms in total. The van der Waals surface area contributed by atoms with Crippen LogP contribution in [0.5, 0.6) is 0 Å². The van der Waals surface area contributed by atoms with Crippen molar-refractivity contribution in [1.82, 2.24) is 0 Å². The lowest BCUT2D eigenvalue weighted by atomic mass is 10.4. The van der Waals surface area contributed by atoms with E-state index in [2.05, 4.69) is 5.11 Å². The summed E-state index contributed by atoms with van der Waals surface area (Å²) in [5.74, 6) is -1.27. The Morgan fingerprint density at radius 2 is 2.38 bits per heavy atom. The smallest absolute Gasteiger partial charge is 0.335 e. The molecule has 0 heterocycles. The molecule has 1 unspecified atom stereocenters. The van der Waals surface area contributed by atoms with Gasteiger partial charge < -0.3 is 10.5 Å². The number of hydrogen-bond donors (Lipinski definition) is 3. The summed E-state index contributed by atoms with van der Waals surface area (Å²) < 4.78 is 0. The van der Waals surface area contributed by atoms with Crippen molar-refractivity contribution in [1.29, 1.82) is 10.9 Å². The molecule has 3 N–H and O–H groups in total. The van der Waals surface area contributed by atoms with E-state index in [1.165, 1.54) is 0 Å². The second-order valence-corrected chi connectivity index (χ2v) is 1.08. The fourth-order valence-electron chi connectivity index (χ4n) is 0.164. The predicted molar refractivity (Wildman–Crippen MR) is 25.4 cm³/mol. The molecule has 0 saturated carbocycles. The molecule has 0 radical (unpaired) electrons. The predicted octanol–water partition coefficient (Wildman–Crippen LogP) is 0.120. The van der Waals surface area contributed by atoms with Crippen LogP contribution in [-0.4, -0.2) is 23.3 Å². The summed E-state index contributed by atoms with van der Waals surface area (Å²) in [5.41, 5.74) is 6.18. The van der Waals surface area contributed by atoms with Gasteiger partial charge in [-0.3, -0.25) is 0 Å². The second kappa shape index (κ2) is 2.84. The van der Waals surface area contributed by atoms with Crippen LogP contribution in [0.3, 0.4) is 0 Å². The SMILES string of the molecule is N=CC(N=N)C(=O)O. The summed E-state index contributed by atoms with van der Waals surface area (Å²) in [6.45, 7) is 0. The topological polar surface area (TPSA) is 97.4 Å². The first-order valence-electron chi connectivity index (χ1n) is 1.82. The third-order valence-electron chi connectivity index (χ3n) is 0.550. The summed E-state index contributed by atoms with van der Waals surface area (Å²) in [6, 6.07) is -1.30. The summed E-state index contributed by atoms with van der Waals surface area (Å²) in [4.78, 5) is 9.80. The number of nitrogens with one attached hydrogen (secondary N) is 2. The molecule has 5 heteroatoms. The average Bonchev–Trinajstić information content (AvgIpc) is 1.69. The van der Waals surface area contributed by atoms with Gasteiger partial charge in [0.25, 0.3) is 0 Å². The molecule has 1 atom stereocenters. The minimum Gasteiger partial charge on any atom is -0.479 e. The van der Waals surface area contributed by atoms with Crippen molar-refractivity contribution in [3.8, 4) is 0 Å². The molecule has 0 aromatic heterocycles. The van der Waals surface area contributed by atoms with E-state index in [0.29, 0.717) is 6.21 Å². The van der Waals surface area contributed by atoms with Crippen molar-refractivity contribution in [3.63, 3.8) is 0 Å². The number of carbonyl (C=O) groups is 1. The second-order valence-electron chi connectivity index (χ2n) is 1.08. The molecule has 0 aromatic carbocycles. The lowest BCUT2D eigenvalue weighted by Gasteiger charge is -1.91. The highest BCUT2D eigenvalue weighted by Crippen LogP contribution is 1.82. The third kappa shape index (κ3) is 1.46. The summed E-state index contributed by atoms with van der Waals surface area (Å²) in [6.07, 6.45) is 0.593. The van der Waals surface area contributed by atoms with Crippen LogP contribution in [0.4, 0.5) is 0 Å². The highest BCUT2D eigenvalue weighted by atomic mass is 16.4. The molecule has 0 amide bonds. The Hall–Kier alpha value is -1.26. The quantitative estimate of drug-likeness (QED) is 0.359. The van der Waals surface area contributed by atoms with E-state index in [9.17, 15) is 4.79 Å². The number of rotatable bonds is 3. The van der Waals surface area contributed by atoms with Gasteiger partial charge in [-0.15, -0.1) is 0 Å². The fourth-order valence-corrected chi connectivity index (χ4v) is 0.164. The van der Waals surface area contributed by atoms with Gasteiger partial charge in [-0.2, -0.15) is 5.11 Å². The molecule has 44 valence electrons. The molecule has 0 bridgehead atoms. The summed E-state index contributed by atoms with van der Waals surface area (Å²) >= 11 is 0. The van der Waals surface area contributed by atoms with Crippen LogP contribution in [0, 0.1) is 10.9 Å². The van der Waals surface area contributed by atoms with Crippen molar-refractivity contribution >= 4 is 12.2 Å². The Balaban J connectivity index is 3.88. The van der Waals surface area contributed by atoms with E-state index in [0.717, 1.165) is 0 Å². The Morgan fingerprint density at radius 3 is 2.38 bits per heavy atom. The van der Waals surface area contributed by atoms with Gasteiger partial charge in [0.15, 0.2) is 0 Å². The zero-order valence-corrected chi connectivity index (χ0v) is 3.96. The van der Waals surface area contributed by atoms with Gasteiger partial charge in [0, 0.05) is 6.21 Å². The molecule has 0 aliphatic carbocycles. The molecule has 8 heavy (non-hydrogen) atoms. The number of hydrogen-bond acceptors (Lipinski definition) is 4. The lowest BCUT2D eigenvalue weighted by Crippen LogP contribution is -2.17. The van der Waals surface area contributed by atoms with E-state index in [-0.39, 0.29) is 0 Å². The van der Waals surface area contributed by atoms with Crippen molar-refractivity contribution in [2.75, 3.05) is 0 Å². The van der Waals surface area contributed by atoms with E-state index < -0.39 is 12.0 Å². The average molecular weight is 115 g/mol. The maximum Gasteiger partial charge on any atom is 0.335 e. The summed E-state index contributed by atoms with van der Waals surface area (Å²) in [5, 5.41) is 17.0. The molecular weight excluding hydrogens is 110 g/mol. The van der Waals surface area contributed by atoms with Crippen LogP contribution in [0.2, 0.25) is 0 Å². The normalized spacial score (nSPS) is 12.0. The monoisotopic (exact) mass is 115 g/mol. The van der Waals surface area contributed by atoms with Gasteiger partial charge in [-0.05, 0) is 0 Å². The van der Waals surface area contributed by atoms with Crippen molar-refractivity contribution < 1.29 is 9.90 Å². The first-order valence-corrected chi connectivity index (χ1v) is 1.82. The number of nitrogens with zero attached hydrogens (tertiary/aromatic N) is 1. The number of carboxylic acids is 1. The van der Waals surface area contributed by atoms with Crippen LogP contribution >= 0.6 is 0 Å². The number of aliphatic carboxylic acids is 1. The van der Waals surface area contributed by atoms with Gasteiger partial charge in [0.1, 0.15) is 0 Å². The Kier molecular flexibility index (Phi) is 2.39. The maximum absolute atomic E-state index is 9.80. The largest absolute Gasteiger partial charge is 0.479 e. The van der Waals surface area contributed by atoms with E-state index in [1.807, 2.05) is 0 Å². The highest BCUT2D eigenvalue weighted by molar-refractivity contribution is 5.91. The summed E-state index contributed by atoms with van der Waals surface area (Å²) in [7, 11) is 0. The molecule has 0 aliphatic rings. The zero-order valence-electron chi connectivity index (χ0n) is 3.96. The van der Waals surface area contributed by atoms with Crippen LogP contribution < -0.4 is 0 Å².